The summed E-state index contributed by atoms with van der Waals surface area (Å²) >= 11 is 0. The van der Waals surface area contributed by atoms with E-state index in [1.165, 1.54) is 0 Å². The van der Waals surface area contributed by atoms with E-state index in [0.717, 1.165) is 24.9 Å². The molecule has 0 aliphatic heterocycles. The smallest absolute Gasteiger partial charge is 0.748 e. The third kappa shape index (κ3) is 11.9. The molecule has 0 unspecified atom stereocenters. The monoisotopic (exact) mass is 591 g/mol. The van der Waals surface area contributed by atoms with Crippen LogP contribution in [0, 0.1) is 0 Å². The van der Waals surface area contributed by atoms with Crippen LogP contribution in [-0.4, -0.2) is 66.6 Å². The van der Waals surface area contributed by atoms with Crippen molar-refractivity contribution in [2.75, 3.05) is 29.5 Å². The predicted molar refractivity (Wildman–Crippen MR) is 136 cm³/mol. The number of aromatic nitrogens is 2. The Kier molecular flexibility index (Phi) is 12.8. The number of rotatable bonds is 16. The molecule has 0 saturated carbocycles. The van der Waals surface area contributed by atoms with Crippen LogP contribution < -0.4 is 39.0 Å². The minimum atomic E-state index is -4.40. The van der Waals surface area contributed by atoms with Crippen molar-refractivity contribution in [1.82, 2.24) is 4.98 Å². The zero-order valence-corrected chi connectivity index (χ0v) is 25.3. The Hall–Kier alpha value is -2.07. The Morgan fingerprint density at radius 1 is 0.923 bits per heavy atom. The molecule has 0 radical (unpaired) electrons. The molecule has 39 heavy (non-hydrogen) atoms. The number of pyridine rings is 1. The molecule has 3 aromatic rings. The van der Waals surface area contributed by atoms with Crippen molar-refractivity contribution >= 4 is 43.0 Å². The van der Waals surface area contributed by atoms with Gasteiger partial charge in [-0.25, -0.2) is 26.4 Å². The standard InChI is InChI=1S/C24H31N3O9S2.Na/c28-23(29)6-2-1-3-11-26-14-9-19(10-15-26)24-25-21-8-7-20(18-22(21)36-24)27(12-4-16-37(30,31)32)13-5-17-38(33,34)35;/h7-10,14-15,18H,1-6,11-13,16-17H2,(H2-,28,29,30,31,32,33,34,35);/q;+1/p-1. The summed E-state index contributed by atoms with van der Waals surface area (Å²) in [6, 6.07) is 8.88. The summed E-state index contributed by atoms with van der Waals surface area (Å²) in [4.78, 5) is 16.8. The number of aryl methyl sites for hydroxylation is 1. The molecule has 0 spiro atoms. The second-order valence-electron chi connectivity index (χ2n) is 8.92. The summed E-state index contributed by atoms with van der Waals surface area (Å²) in [5.74, 6) is -1.51. The normalized spacial score (nSPS) is 11.8. The van der Waals surface area contributed by atoms with Crippen molar-refractivity contribution in [3.8, 4) is 11.5 Å². The number of carbonyl (C=O) groups is 1. The van der Waals surface area contributed by atoms with Gasteiger partial charge in [0.2, 0.25) is 5.89 Å². The molecular weight excluding hydrogens is 561 g/mol. The molecule has 0 atom stereocenters. The fraction of sp³-hybridized carbons (Fsp3) is 0.458. The van der Waals surface area contributed by atoms with Gasteiger partial charge in [-0.2, -0.15) is 0 Å². The first kappa shape index (κ1) is 33.1. The van der Waals surface area contributed by atoms with E-state index in [1.54, 1.807) is 23.1 Å². The second kappa shape index (κ2) is 15.1. The molecule has 0 amide bonds. The number of aliphatic carboxylic acids is 1. The maximum Gasteiger partial charge on any atom is 1.00 e. The summed E-state index contributed by atoms with van der Waals surface area (Å²) in [5.41, 5.74) is 2.41. The number of unbranched alkanes of at least 4 members (excludes halogenated alkanes) is 2. The number of nitrogens with zero attached hydrogens (tertiary/aromatic N) is 3. The van der Waals surface area contributed by atoms with E-state index < -0.39 is 37.7 Å². The summed E-state index contributed by atoms with van der Waals surface area (Å²) < 4.78 is 73.9. The van der Waals surface area contributed by atoms with Gasteiger partial charge in [-0.3, -0.25) is 4.79 Å². The number of fused-ring (bicyclic) bond motifs is 1. The minimum Gasteiger partial charge on any atom is -0.748 e. The Morgan fingerprint density at radius 2 is 1.54 bits per heavy atom. The molecule has 0 bridgehead atoms. The third-order valence-corrected chi connectivity index (χ3v) is 7.40. The number of hydrogen-bond acceptors (Lipinski definition) is 10. The van der Waals surface area contributed by atoms with E-state index in [4.69, 9.17) is 9.52 Å². The molecule has 15 heteroatoms. The van der Waals surface area contributed by atoms with Crippen LogP contribution in [0.25, 0.3) is 22.6 Å². The van der Waals surface area contributed by atoms with E-state index in [9.17, 15) is 30.7 Å². The van der Waals surface area contributed by atoms with E-state index in [-0.39, 0.29) is 61.9 Å². The van der Waals surface area contributed by atoms with Crippen molar-refractivity contribution in [1.29, 1.82) is 0 Å². The van der Waals surface area contributed by atoms with Gasteiger partial charge in [0.25, 0.3) is 0 Å². The Morgan fingerprint density at radius 3 is 2.10 bits per heavy atom. The topological polar surface area (TPSA) is 185 Å². The predicted octanol–water partition coefficient (Wildman–Crippen LogP) is -0.892. The molecule has 0 fully saturated rings. The van der Waals surface area contributed by atoms with E-state index >= 15 is 0 Å². The summed E-state index contributed by atoms with van der Waals surface area (Å²) in [7, 11) is -8.79. The van der Waals surface area contributed by atoms with Crippen molar-refractivity contribution in [2.24, 2.45) is 0 Å². The van der Waals surface area contributed by atoms with Crippen LogP contribution in [0.4, 0.5) is 5.69 Å². The number of anilines is 1. The third-order valence-electron chi connectivity index (χ3n) is 5.83. The Bertz CT molecular complexity index is 1410. The van der Waals surface area contributed by atoms with Crippen LogP contribution in [0.5, 0.6) is 0 Å². The van der Waals surface area contributed by atoms with Crippen molar-refractivity contribution in [2.45, 2.75) is 45.1 Å². The van der Waals surface area contributed by atoms with Gasteiger partial charge in [0.15, 0.2) is 18.0 Å². The molecule has 2 aromatic heterocycles. The van der Waals surface area contributed by atoms with Gasteiger partial charge in [0.1, 0.15) is 12.1 Å². The fourth-order valence-electron chi connectivity index (χ4n) is 3.96. The quantitative estimate of drug-likeness (QED) is 0.0943. The van der Waals surface area contributed by atoms with Gasteiger partial charge in [-0.05, 0) is 37.8 Å². The number of oxazole rings is 1. The first-order valence-electron chi connectivity index (χ1n) is 12.1. The molecule has 0 aliphatic carbocycles. The van der Waals surface area contributed by atoms with Gasteiger partial charge < -0.3 is 23.5 Å². The first-order valence-corrected chi connectivity index (χ1v) is 15.3. The molecule has 2 heterocycles. The van der Waals surface area contributed by atoms with E-state index in [1.807, 2.05) is 29.1 Å². The molecule has 1 aromatic carbocycles. The number of benzene rings is 1. The van der Waals surface area contributed by atoms with Crippen LogP contribution in [0.2, 0.25) is 0 Å². The molecule has 0 saturated heterocycles. The average molecular weight is 592 g/mol. The van der Waals surface area contributed by atoms with E-state index in [0.29, 0.717) is 29.1 Å². The van der Waals surface area contributed by atoms with Crippen LogP contribution in [0.3, 0.4) is 0 Å². The van der Waals surface area contributed by atoms with Gasteiger partial charge in [-0.15, -0.1) is 0 Å². The van der Waals surface area contributed by atoms with Crippen molar-refractivity contribution < 1.29 is 74.4 Å². The van der Waals surface area contributed by atoms with Crippen LogP contribution >= 0.6 is 0 Å². The number of carboxylic acids is 1. The summed E-state index contributed by atoms with van der Waals surface area (Å²) in [6.45, 7) is 1.09. The van der Waals surface area contributed by atoms with Crippen LogP contribution in [-0.2, 0) is 31.6 Å². The number of hydrogen-bond donors (Lipinski definition) is 1. The molecule has 12 nitrogen and oxygen atoms in total. The minimum absolute atomic E-state index is 0. The summed E-state index contributed by atoms with van der Waals surface area (Å²) in [5, 5.41) is 8.70. The molecule has 1 N–H and O–H groups in total. The van der Waals surface area contributed by atoms with Crippen molar-refractivity contribution in [3.63, 3.8) is 0 Å². The average Bonchev–Trinajstić information content (AvgIpc) is 3.25. The van der Waals surface area contributed by atoms with Gasteiger partial charge in [-0.1, -0.05) is 0 Å². The molecule has 0 aliphatic rings. The van der Waals surface area contributed by atoms with Gasteiger partial charge in [0.05, 0.1) is 20.2 Å². The van der Waals surface area contributed by atoms with Crippen molar-refractivity contribution in [3.05, 3.63) is 42.7 Å². The summed E-state index contributed by atoms with van der Waals surface area (Å²) in [6.07, 6.45) is 6.37. The Labute approximate surface area is 249 Å². The maximum absolute atomic E-state index is 11.0. The maximum atomic E-state index is 11.0. The SMILES string of the molecule is O=C(O)CCCCC[n+]1ccc(-c2nc3ccc(N(CCCS(=O)(=O)[O-])CCCS(=O)(=O)[O-])cc3o2)cc1.[Na+]. The first-order chi connectivity index (χ1) is 17.9. The second-order valence-corrected chi connectivity index (χ2v) is 12.0. The molecule has 208 valence electrons. The van der Waals surface area contributed by atoms with Crippen LogP contribution in [0.15, 0.2) is 47.1 Å². The van der Waals surface area contributed by atoms with E-state index in [2.05, 4.69) is 4.98 Å². The number of carboxylic acid groups (broad SMARTS) is 1. The molecule has 3 rings (SSSR count). The van der Waals surface area contributed by atoms with Crippen LogP contribution in [0.1, 0.15) is 38.5 Å². The zero-order chi connectivity index (χ0) is 27.8. The fourth-order valence-corrected chi connectivity index (χ4v) is 4.93. The zero-order valence-electron chi connectivity index (χ0n) is 21.7. The van der Waals surface area contributed by atoms with Gasteiger partial charge in [0, 0.05) is 66.9 Å². The largest absolute Gasteiger partial charge is 1.00 e. The van der Waals surface area contributed by atoms with Gasteiger partial charge >= 0.3 is 35.5 Å². The Balaban J connectivity index is 0.00000533. The molecular formula is C24H30N3NaO9S2.